The Bertz CT molecular complexity index is 1030. The lowest BCUT2D eigenvalue weighted by Crippen LogP contribution is -2.17. The number of benzene rings is 2. The molecule has 0 fully saturated rings. The van der Waals surface area contributed by atoms with E-state index in [-0.39, 0.29) is 11.6 Å². The number of aromatic nitrogens is 1. The third kappa shape index (κ3) is 5.19. The summed E-state index contributed by atoms with van der Waals surface area (Å²) in [5, 5.41) is 5.62. The second-order valence-corrected chi connectivity index (χ2v) is 6.59. The van der Waals surface area contributed by atoms with Gasteiger partial charge in [0.15, 0.2) is 0 Å². The number of ether oxygens (including phenoxy) is 1. The number of amides is 2. The van der Waals surface area contributed by atoms with Gasteiger partial charge in [0.1, 0.15) is 11.4 Å². The highest BCUT2D eigenvalue weighted by Crippen LogP contribution is 2.17. The molecule has 2 N–H and O–H groups in total. The number of pyridine rings is 1. The van der Waals surface area contributed by atoms with Gasteiger partial charge in [0.25, 0.3) is 11.8 Å². The van der Waals surface area contributed by atoms with Crippen LogP contribution in [-0.4, -0.2) is 23.4 Å². The van der Waals surface area contributed by atoms with Crippen molar-refractivity contribution in [2.24, 2.45) is 0 Å². The van der Waals surface area contributed by atoms with E-state index in [1.54, 1.807) is 30.3 Å². The maximum absolute atomic E-state index is 12.6. The van der Waals surface area contributed by atoms with E-state index in [1.165, 1.54) is 12.3 Å². The molecule has 2 aromatic carbocycles. The Morgan fingerprint density at radius 1 is 0.862 bits per heavy atom. The number of anilines is 2. The van der Waals surface area contributed by atoms with Crippen molar-refractivity contribution in [1.82, 2.24) is 4.98 Å². The highest BCUT2D eigenvalue weighted by atomic mass is 16.5. The molecule has 0 aliphatic rings. The van der Waals surface area contributed by atoms with E-state index in [4.69, 9.17) is 4.74 Å². The van der Waals surface area contributed by atoms with Gasteiger partial charge in [-0.2, -0.15) is 0 Å². The van der Waals surface area contributed by atoms with Crippen molar-refractivity contribution >= 4 is 23.2 Å². The quantitative estimate of drug-likeness (QED) is 0.646. The van der Waals surface area contributed by atoms with Crippen LogP contribution in [0.3, 0.4) is 0 Å². The summed E-state index contributed by atoms with van der Waals surface area (Å²) in [5.41, 5.74) is 4.08. The van der Waals surface area contributed by atoms with Gasteiger partial charge in [0.2, 0.25) is 0 Å². The predicted molar refractivity (Wildman–Crippen MR) is 114 cm³/mol. The Kier molecular flexibility index (Phi) is 6.24. The predicted octanol–water partition coefficient (Wildman–Crippen LogP) is 4.60. The van der Waals surface area contributed by atoms with E-state index in [1.807, 2.05) is 39.0 Å². The highest BCUT2D eigenvalue weighted by molar-refractivity contribution is 6.07. The molecular formula is C23H23N3O3. The van der Waals surface area contributed by atoms with Crippen LogP contribution in [-0.2, 0) is 0 Å². The molecule has 0 saturated heterocycles. The first-order valence-corrected chi connectivity index (χ1v) is 9.35. The van der Waals surface area contributed by atoms with Gasteiger partial charge in [-0.3, -0.25) is 14.6 Å². The fourth-order valence-corrected chi connectivity index (χ4v) is 2.71. The van der Waals surface area contributed by atoms with Gasteiger partial charge < -0.3 is 15.4 Å². The van der Waals surface area contributed by atoms with Gasteiger partial charge >= 0.3 is 0 Å². The van der Waals surface area contributed by atoms with Gasteiger partial charge in [-0.15, -0.1) is 0 Å². The molecule has 0 saturated carbocycles. The molecule has 0 radical (unpaired) electrons. The van der Waals surface area contributed by atoms with Crippen molar-refractivity contribution in [3.05, 3.63) is 83.2 Å². The summed E-state index contributed by atoms with van der Waals surface area (Å²) in [6.07, 6.45) is 1.45. The maximum Gasteiger partial charge on any atom is 0.274 e. The summed E-state index contributed by atoms with van der Waals surface area (Å²) >= 11 is 0. The molecule has 0 aliphatic heterocycles. The third-order valence-corrected chi connectivity index (χ3v) is 4.44. The zero-order valence-corrected chi connectivity index (χ0v) is 16.7. The average Bonchev–Trinajstić information content (AvgIpc) is 2.72. The number of nitrogens with zero attached hydrogens (tertiary/aromatic N) is 1. The van der Waals surface area contributed by atoms with Crippen LogP contribution in [0.15, 0.2) is 60.8 Å². The van der Waals surface area contributed by atoms with Crippen LogP contribution in [0.5, 0.6) is 5.75 Å². The molecule has 6 heteroatoms. The number of hydrogen-bond acceptors (Lipinski definition) is 4. The van der Waals surface area contributed by atoms with Crippen LogP contribution in [0, 0.1) is 13.8 Å². The minimum Gasteiger partial charge on any atom is -0.494 e. The zero-order valence-electron chi connectivity index (χ0n) is 16.7. The fraction of sp³-hybridized carbons (Fsp3) is 0.174. The number of hydrogen-bond donors (Lipinski definition) is 2. The fourth-order valence-electron chi connectivity index (χ4n) is 2.71. The second-order valence-electron chi connectivity index (χ2n) is 6.59. The summed E-state index contributed by atoms with van der Waals surface area (Å²) in [6.45, 7) is 6.48. The Labute approximate surface area is 169 Å². The first kappa shape index (κ1) is 20.1. The molecule has 0 unspecified atom stereocenters. The summed E-state index contributed by atoms with van der Waals surface area (Å²) in [5.74, 6) is 0.0365. The van der Waals surface area contributed by atoms with Crippen molar-refractivity contribution < 1.29 is 14.3 Å². The van der Waals surface area contributed by atoms with Gasteiger partial charge in [0.05, 0.1) is 6.61 Å². The first-order chi connectivity index (χ1) is 14.0. The van der Waals surface area contributed by atoms with Gasteiger partial charge in [-0.1, -0.05) is 6.07 Å². The van der Waals surface area contributed by atoms with E-state index in [0.29, 0.717) is 23.5 Å². The minimum atomic E-state index is -0.394. The van der Waals surface area contributed by atoms with Crippen LogP contribution in [0.4, 0.5) is 11.4 Å². The summed E-state index contributed by atoms with van der Waals surface area (Å²) < 4.78 is 5.39. The standard InChI is InChI=1S/C23H23N3O3/c1-4-29-20-9-7-18(8-10-20)25-23(28)21-14-17(11-12-24-21)22(27)26-19-6-5-15(2)16(3)13-19/h5-14H,4H2,1-3H3,(H,25,28)(H,26,27). The summed E-state index contributed by atoms with van der Waals surface area (Å²) in [7, 11) is 0. The van der Waals surface area contributed by atoms with Crippen molar-refractivity contribution in [3.8, 4) is 5.75 Å². The molecule has 0 atom stereocenters. The average molecular weight is 389 g/mol. The molecule has 148 valence electrons. The van der Waals surface area contributed by atoms with E-state index >= 15 is 0 Å². The summed E-state index contributed by atoms with van der Waals surface area (Å²) in [4.78, 5) is 29.1. The third-order valence-electron chi connectivity index (χ3n) is 4.44. The van der Waals surface area contributed by atoms with Crippen molar-refractivity contribution in [2.75, 3.05) is 17.2 Å². The van der Waals surface area contributed by atoms with E-state index in [0.717, 1.165) is 16.9 Å². The molecule has 0 bridgehead atoms. The summed E-state index contributed by atoms with van der Waals surface area (Å²) in [6, 6.07) is 15.8. The lowest BCUT2D eigenvalue weighted by Gasteiger charge is -2.09. The van der Waals surface area contributed by atoms with Crippen LogP contribution in [0.2, 0.25) is 0 Å². The molecule has 0 spiro atoms. The molecule has 1 heterocycles. The van der Waals surface area contributed by atoms with Gasteiger partial charge in [0, 0.05) is 23.1 Å². The number of nitrogens with one attached hydrogen (secondary N) is 2. The second kappa shape index (κ2) is 9.01. The van der Waals surface area contributed by atoms with E-state index in [9.17, 15) is 9.59 Å². The Morgan fingerprint density at radius 3 is 2.24 bits per heavy atom. The monoisotopic (exact) mass is 389 g/mol. The van der Waals surface area contributed by atoms with E-state index < -0.39 is 5.91 Å². The number of carbonyl (C=O) groups excluding carboxylic acids is 2. The number of carbonyl (C=O) groups is 2. The molecule has 2 amide bonds. The molecule has 1 aromatic heterocycles. The number of aryl methyl sites for hydroxylation is 2. The molecule has 6 nitrogen and oxygen atoms in total. The van der Waals surface area contributed by atoms with Crippen LogP contribution in [0.1, 0.15) is 38.9 Å². The Balaban J connectivity index is 1.69. The largest absolute Gasteiger partial charge is 0.494 e. The lowest BCUT2D eigenvalue weighted by molar-refractivity contribution is 0.102. The van der Waals surface area contributed by atoms with Crippen LogP contribution in [0.25, 0.3) is 0 Å². The molecule has 29 heavy (non-hydrogen) atoms. The SMILES string of the molecule is CCOc1ccc(NC(=O)c2cc(C(=O)Nc3ccc(C)c(C)c3)ccn2)cc1. The lowest BCUT2D eigenvalue weighted by atomic mass is 10.1. The highest BCUT2D eigenvalue weighted by Gasteiger charge is 2.13. The Morgan fingerprint density at radius 2 is 1.55 bits per heavy atom. The topological polar surface area (TPSA) is 80.3 Å². The molecule has 0 aliphatic carbocycles. The normalized spacial score (nSPS) is 10.3. The van der Waals surface area contributed by atoms with Gasteiger partial charge in [-0.05, 0) is 80.4 Å². The maximum atomic E-state index is 12.6. The number of rotatable bonds is 6. The molecule has 3 aromatic rings. The van der Waals surface area contributed by atoms with Crippen LogP contribution >= 0.6 is 0 Å². The Hall–Kier alpha value is -3.67. The first-order valence-electron chi connectivity index (χ1n) is 9.35. The minimum absolute atomic E-state index is 0.159. The van der Waals surface area contributed by atoms with Crippen molar-refractivity contribution in [2.45, 2.75) is 20.8 Å². The zero-order chi connectivity index (χ0) is 20.8. The molecular weight excluding hydrogens is 366 g/mol. The van der Waals surface area contributed by atoms with Gasteiger partial charge in [-0.25, -0.2) is 0 Å². The van der Waals surface area contributed by atoms with E-state index in [2.05, 4.69) is 15.6 Å². The smallest absolute Gasteiger partial charge is 0.274 e. The van der Waals surface area contributed by atoms with Crippen LogP contribution < -0.4 is 15.4 Å². The van der Waals surface area contributed by atoms with Crippen molar-refractivity contribution in [3.63, 3.8) is 0 Å². The van der Waals surface area contributed by atoms with Crippen molar-refractivity contribution in [1.29, 1.82) is 0 Å². The molecule has 3 rings (SSSR count).